The summed E-state index contributed by atoms with van der Waals surface area (Å²) < 4.78 is 6.23. The predicted molar refractivity (Wildman–Crippen MR) is 75.9 cm³/mol. The van der Waals surface area contributed by atoms with Crippen molar-refractivity contribution in [1.29, 1.82) is 0 Å². The fourth-order valence-electron chi connectivity index (χ4n) is 1.60. The summed E-state index contributed by atoms with van der Waals surface area (Å²) in [5, 5.41) is 3.85. The standard InChI is InChI=1S/C12H11N5OS/c1-18-7-2-3-8-9(4-7)19-12(16-8)17-11-6-14-10(13)5-15-11/h2-6H,1H3,(H2,13,14)(H,15,16,17). The van der Waals surface area contributed by atoms with E-state index in [-0.39, 0.29) is 0 Å². The van der Waals surface area contributed by atoms with E-state index in [2.05, 4.69) is 20.3 Å². The van der Waals surface area contributed by atoms with E-state index in [0.29, 0.717) is 11.6 Å². The second kappa shape index (κ2) is 4.69. The Labute approximate surface area is 113 Å². The highest BCUT2D eigenvalue weighted by Crippen LogP contribution is 2.30. The highest BCUT2D eigenvalue weighted by Gasteiger charge is 2.06. The van der Waals surface area contributed by atoms with Gasteiger partial charge in [0.1, 0.15) is 11.6 Å². The molecule has 0 aliphatic carbocycles. The van der Waals surface area contributed by atoms with Gasteiger partial charge in [0.2, 0.25) is 0 Å². The lowest BCUT2D eigenvalue weighted by Crippen LogP contribution is -1.96. The average Bonchev–Trinajstić information content (AvgIpc) is 2.82. The van der Waals surface area contributed by atoms with Crippen LogP contribution >= 0.6 is 11.3 Å². The number of nitrogens with one attached hydrogen (secondary N) is 1. The van der Waals surface area contributed by atoms with Crippen molar-refractivity contribution >= 4 is 38.3 Å². The number of rotatable bonds is 3. The topological polar surface area (TPSA) is 86.0 Å². The maximum atomic E-state index is 5.48. The molecule has 0 saturated heterocycles. The minimum Gasteiger partial charge on any atom is -0.497 e. The molecule has 6 nitrogen and oxygen atoms in total. The average molecular weight is 273 g/mol. The normalized spacial score (nSPS) is 10.6. The van der Waals surface area contributed by atoms with Crippen LogP contribution < -0.4 is 15.8 Å². The number of ether oxygens (including phenoxy) is 1. The SMILES string of the molecule is COc1ccc2nc(Nc3cnc(N)cn3)sc2c1. The van der Waals surface area contributed by atoms with Gasteiger partial charge in [-0.25, -0.2) is 15.0 Å². The van der Waals surface area contributed by atoms with E-state index in [1.165, 1.54) is 17.5 Å². The lowest BCUT2D eigenvalue weighted by atomic mass is 10.3. The van der Waals surface area contributed by atoms with Gasteiger partial charge in [0.25, 0.3) is 0 Å². The highest BCUT2D eigenvalue weighted by atomic mass is 32.1. The number of aromatic nitrogens is 3. The Morgan fingerprint density at radius 1 is 1.26 bits per heavy atom. The van der Waals surface area contributed by atoms with Crippen LogP contribution in [0.25, 0.3) is 10.2 Å². The van der Waals surface area contributed by atoms with Crippen molar-refractivity contribution in [3.63, 3.8) is 0 Å². The van der Waals surface area contributed by atoms with E-state index in [4.69, 9.17) is 10.5 Å². The number of methoxy groups -OCH3 is 1. The maximum absolute atomic E-state index is 5.48. The quantitative estimate of drug-likeness (QED) is 0.762. The molecule has 7 heteroatoms. The largest absolute Gasteiger partial charge is 0.497 e. The third kappa shape index (κ3) is 2.41. The van der Waals surface area contributed by atoms with Gasteiger partial charge in [-0.1, -0.05) is 11.3 Å². The Morgan fingerprint density at radius 3 is 2.89 bits per heavy atom. The molecule has 3 aromatic rings. The van der Waals surface area contributed by atoms with E-state index >= 15 is 0 Å². The van der Waals surface area contributed by atoms with Crippen molar-refractivity contribution in [3.8, 4) is 5.75 Å². The molecule has 0 radical (unpaired) electrons. The number of hydrogen-bond donors (Lipinski definition) is 2. The van der Waals surface area contributed by atoms with Crippen LogP contribution in [0.4, 0.5) is 16.8 Å². The number of anilines is 3. The fourth-order valence-corrected chi connectivity index (χ4v) is 2.50. The second-order valence-corrected chi connectivity index (χ2v) is 4.83. The molecule has 0 bridgehead atoms. The Balaban J connectivity index is 1.90. The molecule has 2 aromatic heterocycles. The van der Waals surface area contributed by atoms with Crippen molar-refractivity contribution < 1.29 is 4.74 Å². The zero-order valence-electron chi connectivity index (χ0n) is 10.1. The molecule has 3 N–H and O–H groups in total. The molecule has 0 aliphatic rings. The van der Waals surface area contributed by atoms with E-state index in [1.54, 1.807) is 13.3 Å². The van der Waals surface area contributed by atoms with Gasteiger partial charge in [0.15, 0.2) is 10.9 Å². The first kappa shape index (κ1) is 11.7. The molecular formula is C12H11N5OS. The minimum atomic E-state index is 0.389. The summed E-state index contributed by atoms with van der Waals surface area (Å²) in [5.74, 6) is 1.81. The lowest BCUT2D eigenvalue weighted by Gasteiger charge is -1.99. The summed E-state index contributed by atoms with van der Waals surface area (Å²) in [6.07, 6.45) is 3.07. The Kier molecular flexibility index (Phi) is 2.88. The first-order valence-electron chi connectivity index (χ1n) is 5.54. The number of nitrogens with zero attached hydrogens (tertiary/aromatic N) is 3. The summed E-state index contributed by atoms with van der Waals surface area (Å²) >= 11 is 1.52. The Morgan fingerprint density at radius 2 is 2.16 bits per heavy atom. The van der Waals surface area contributed by atoms with Crippen LogP contribution in [-0.4, -0.2) is 22.1 Å². The third-order valence-electron chi connectivity index (χ3n) is 2.50. The minimum absolute atomic E-state index is 0.389. The lowest BCUT2D eigenvalue weighted by molar-refractivity contribution is 0.415. The maximum Gasteiger partial charge on any atom is 0.189 e. The molecule has 0 fully saturated rings. The van der Waals surface area contributed by atoms with Gasteiger partial charge in [-0.3, -0.25) is 0 Å². The van der Waals surface area contributed by atoms with Crippen molar-refractivity contribution in [2.24, 2.45) is 0 Å². The van der Waals surface area contributed by atoms with Crippen LogP contribution in [0.2, 0.25) is 0 Å². The van der Waals surface area contributed by atoms with Crippen molar-refractivity contribution in [2.45, 2.75) is 0 Å². The molecule has 96 valence electrons. The number of fused-ring (bicyclic) bond motifs is 1. The molecule has 19 heavy (non-hydrogen) atoms. The van der Waals surface area contributed by atoms with Crippen molar-refractivity contribution in [2.75, 3.05) is 18.2 Å². The van der Waals surface area contributed by atoms with E-state index in [9.17, 15) is 0 Å². The molecule has 0 spiro atoms. The van der Waals surface area contributed by atoms with Crippen LogP contribution in [-0.2, 0) is 0 Å². The monoisotopic (exact) mass is 273 g/mol. The Hall–Kier alpha value is -2.41. The van der Waals surface area contributed by atoms with Crippen LogP contribution in [0.1, 0.15) is 0 Å². The number of thiazole rings is 1. The fraction of sp³-hybridized carbons (Fsp3) is 0.0833. The number of benzene rings is 1. The number of nitrogen functional groups attached to an aromatic ring is 1. The second-order valence-electron chi connectivity index (χ2n) is 3.80. The highest BCUT2D eigenvalue weighted by molar-refractivity contribution is 7.22. The van der Waals surface area contributed by atoms with Gasteiger partial charge in [-0.15, -0.1) is 0 Å². The zero-order chi connectivity index (χ0) is 13.2. The molecule has 2 heterocycles. The first-order chi connectivity index (χ1) is 9.24. The molecule has 3 rings (SSSR count). The van der Waals surface area contributed by atoms with E-state index in [1.807, 2.05) is 18.2 Å². The van der Waals surface area contributed by atoms with Gasteiger partial charge >= 0.3 is 0 Å². The first-order valence-corrected chi connectivity index (χ1v) is 6.35. The third-order valence-corrected chi connectivity index (χ3v) is 3.44. The number of nitrogens with two attached hydrogens (primary N) is 1. The van der Waals surface area contributed by atoms with E-state index < -0.39 is 0 Å². The van der Waals surface area contributed by atoms with Crippen LogP contribution in [0.15, 0.2) is 30.6 Å². The summed E-state index contributed by atoms with van der Waals surface area (Å²) in [4.78, 5) is 12.5. The molecule has 1 aromatic carbocycles. The van der Waals surface area contributed by atoms with Crippen LogP contribution in [0.3, 0.4) is 0 Å². The molecule has 0 unspecified atom stereocenters. The van der Waals surface area contributed by atoms with Crippen LogP contribution in [0.5, 0.6) is 5.75 Å². The van der Waals surface area contributed by atoms with Gasteiger partial charge in [0, 0.05) is 0 Å². The number of hydrogen-bond acceptors (Lipinski definition) is 7. The van der Waals surface area contributed by atoms with Gasteiger partial charge < -0.3 is 15.8 Å². The molecule has 0 aliphatic heterocycles. The summed E-state index contributed by atoms with van der Waals surface area (Å²) in [6.45, 7) is 0. The zero-order valence-corrected chi connectivity index (χ0v) is 10.9. The van der Waals surface area contributed by atoms with E-state index in [0.717, 1.165) is 21.1 Å². The smallest absolute Gasteiger partial charge is 0.189 e. The summed E-state index contributed by atoms with van der Waals surface area (Å²) in [6, 6.07) is 5.76. The summed E-state index contributed by atoms with van der Waals surface area (Å²) in [5.41, 5.74) is 6.40. The van der Waals surface area contributed by atoms with Gasteiger partial charge in [-0.05, 0) is 18.2 Å². The predicted octanol–water partition coefficient (Wildman–Crippen LogP) is 2.42. The molecule has 0 saturated carbocycles. The molecule has 0 atom stereocenters. The van der Waals surface area contributed by atoms with Gasteiger partial charge in [-0.2, -0.15) is 0 Å². The van der Waals surface area contributed by atoms with Crippen molar-refractivity contribution in [3.05, 3.63) is 30.6 Å². The Bertz CT molecular complexity index is 710. The molecular weight excluding hydrogens is 262 g/mol. The molecule has 0 amide bonds. The van der Waals surface area contributed by atoms with Crippen molar-refractivity contribution in [1.82, 2.24) is 15.0 Å². The summed E-state index contributed by atoms with van der Waals surface area (Å²) in [7, 11) is 1.64. The van der Waals surface area contributed by atoms with Crippen LogP contribution in [0, 0.1) is 0 Å². The van der Waals surface area contributed by atoms with Gasteiger partial charge in [0.05, 0.1) is 29.7 Å².